The van der Waals surface area contributed by atoms with Crippen molar-refractivity contribution in [3.63, 3.8) is 0 Å². The van der Waals surface area contributed by atoms with Crippen molar-refractivity contribution >= 4 is 22.9 Å². The zero-order valence-electron chi connectivity index (χ0n) is 13.1. The predicted octanol–water partition coefficient (Wildman–Crippen LogP) is 5.32. The van der Waals surface area contributed by atoms with Crippen molar-refractivity contribution in [3.8, 4) is 0 Å². The Kier molecular flexibility index (Phi) is 5.80. The fourth-order valence-corrected chi connectivity index (χ4v) is 3.58. The van der Waals surface area contributed by atoms with Crippen molar-refractivity contribution in [2.75, 3.05) is 6.54 Å². The molecule has 2 aromatic rings. The molecule has 1 atom stereocenters. The Labute approximate surface area is 136 Å². The minimum Gasteiger partial charge on any atom is -0.304 e. The van der Waals surface area contributed by atoms with Gasteiger partial charge < -0.3 is 5.32 Å². The Hall–Kier alpha value is -0.900. The van der Waals surface area contributed by atoms with Crippen LogP contribution in [0, 0.1) is 6.92 Å². The SMILES string of the molecule is CCCNC(c1nc(C(C)C)cs1)c1ccc(Cl)cc1C. The third-order valence-corrected chi connectivity index (χ3v) is 4.68. The van der Waals surface area contributed by atoms with Crippen molar-refractivity contribution < 1.29 is 0 Å². The highest BCUT2D eigenvalue weighted by Crippen LogP contribution is 2.30. The van der Waals surface area contributed by atoms with Crippen molar-refractivity contribution in [3.05, 3.63) is 50.4 Å². The van der Waals surface area contributed by atoms with Gasteiger partial charge in [-0.15, -0.1) is 11.3 Å². The van der Waals surface area contributed by atoms with E-state index in [1.807, 2.05) is 12.1 Å². The molecule has 0 aliphatic carbocycles. The van der Waals surface area contributed by atoms with Crippen LogP contribution in [0.15, 0.2) is 23.6 Å². The molecule has 0 spiro atoms. The Morgan fingerprint density at radius 2 is 2.10 bits per heavy atom. The van der Waals surface area contributed by atoms with E-state index in [0.29, 0.717) is 5.92 Å². The quantitative estimate of drug-likeness (QED) is 0.778. The van der Waals surface area contributed by atoms with Gasteiger partial charge in [-0.1, -0.05) is 38.4 Å². The van der Waals surface area contributed by atoms with Crippen molar-refractivity contribution in [1.82, 2.24) is 10.3 Å². The second-order valence-corrected chi connectivity index (χ2v) is 6.98. The number of nitrogens with one attached hydrogen (secondary N) is 1. The van der Waals surface area contributed by atoms with Gasteiger partial charge in [-0.3, -0.25) is 0 Å². The zero-order valence-corrected chi connectivity index (χ0v) is 14.7. The molecule has 1 heterocycles. The molecule has 0 amide bonds. The Bertz CT molecular complexity index is 592. The van der Waals surface area contributed by atoms with Crippen LogP contribution in [0.25, 0.3) is 0 Å². The number of halogens is 1. The minimum atomic E-state index is 0.153. The average Bonchev–Trinajstić information content (AvgIpc) is 2.91. The molecule has 0 saturated carbocycles. The summed E-state index contributed by atoms with van der Waals surface area (Å²) in [5.74, 6) is 0.466. The van der Waals surface area contributed by atoms with Gasteiger partial charge in [0.25, 0.3) is 0 Å². The molecular formula is C17H23ClN2S. The zero-order chi connectivity index (χ0) is 15.4. The van der Waals surface area contributed by atoms with Gasteiger partial charge in [-0.2, -0.15) is 0 Å². The normalized spacial score (nSPS) is 12.9. The molecule has 0 fully saturated rings. The summed E-state index contributed by atoms with van der Waals surface area (Å²) in [6.45, 7) is 9.63. The van der Waals surface area contributed by atoms with Gasteiger partial charge in [0, 0.05) is 10.4 Å². The molecule has 2 nitrogen and oxygen atoms in total. The fraction of sp³-hybridized carbons (Fsp3) is 0.471. The number of nitrogens with zero attached hydrogens (tertiary/aromatic N) is 1. The first kappa shape index (κ1) is 16.5. The van der Waals surface area contributed by atoms with Crippen LogP contribution in [0.1, 0.15) is 61.0 Å². The molecule has 4 heteroatoms. The molecule has 0 radical (unpaired) electrons. The topological polar surface area (TPSA) is 24.9 Å². The highest BCUT2D eigenvalue weighted by atomic mass is 35.5. The lowest BCUT2D eigenvalue weighted by molar-refractivity contribution is 0.591. The molecule has 1 aromatic heterocycles. The van der Waals surface area contributed by atoms with Crippen LogP contribution in [-0.4, -0.2) is 11.5 Å². The Morgan fingerprint density at radius 1 is 1.33 bits per heavy atom. The Morgan fingerprint density at radius 3 is 2.67 bits per heavy atom. The molecule has 0 aliphatic rings. The van der Waals surface area contributed by atoms with E-state index >= 15 is 0 Å². The van der Waals surface area contributed by atoms with E-state index < -0.39 is 0 Å². The third-order valence-electron chi connectivity index (χ3n) is 3.52. The van der Waals surface area contributed by atoms with Crippen LogP contribution in [0.4, 0.5) is 0 Å². The fourth-order valence-electron chi connectivity index (χ4n) is 2.28. The van der Waals surface area contributed by atoms with Crippen molar-refractivity contribution in [1.29, 1.82) is 0 Å². The average molecular weight is 323 g/mol. The van der Waals surface area contributed by atoms with E-state index in [2.05, 4.69) is 44.5 Å². The smallest absolute Gasteiger partial charge is 0.114 e. The van der Waals surface area contributed by atoms with Gasteiger partial charge in [0.05, 0.1) is 11.7 Å². The lowest BCUT2D eigenvalue weighted by Crippen LogP contribution is -2.24. The van der Waals surface area contributed by atoms with E-state index in [1.54, 1.807) is 11.3 Å². The highest BCUT2D eigenvalue weighted by molar-refractivity contribution is 7.09. The largest absolute Gasteiger partial charge is 0.304 e. The van der Waals surface area contributed by atoms with Gasteiger partial charge in [0.1, 0.15) is 5.01 Å². The number of hydrogen-bond donors (Lipinski definition) is 1. The number of rotatable bonds is 6. The summed E-state index contributed by atoms with van der Waals surface area (Å²) in [5, 5.41) is 7.71. The molecular weight excluding hydrogens is 300 g/mol. The monoisotopic (exact) mass is 322 g/mol. The maximum atomic E-state index is 6.08. The van der Waals surface area contributed by atoms with E-state index in [-0.39, 0.29) is 6.04 Å². The Balaban J connectivity index is 2.36. The summed E-state index contributed by atoms with van der Waals surface area (Å²) in [4.78, 5) is 4.83. The van der Waals surface area contributed by atoms with E-state index in [9.17, 15) is 0 Å². The molecule has 1 unspecified atom stereocenters. The van der Waals surface area contributed by atoms with Gasteiger partial charge in [-0.05, 0) is 49.1 Å². The molecule has 0 bridgehead atoms. The van der Waals surface area contributed by atoms with Crippen LogP contribution in [0.2, 0.25) is 5.02 Å². The summed E-state index contributed by atoms with van der Waals surface area (Å²) in [7, 11) is 0. The number of hydrogen-bond acceptors (Lipinski definition) is 3. The molecule has 2 rings (SSSR count). The van der Waals surface area contributed by atoms with E-state index in [1.165, 1.54) is 16.8 Å². The van der Waals surface area contributed by atoms with Gasteiger partial charge in [0.2, 0.25) is 0 Å². The van der Waals surface area contributed by atoms with Gasteiger partial charge >= 0.3 is 0 Å². The van der Waals surface area contributed by atoms with Crippen LogP contribution in [0.5, 0.6) is 0 Å². The number of aryl methyl sites for hydroxylation is 1. The molecule has 21 heavy (non-hydrogen) atoms. The summed E-state index contributed by atoms with van der Waals surface area (Å²) in [5.41, 5.74) is 3.64. The maximum absolute atomic E-state index is 6.08. The van der Waals surface area contributed by atoms with Crippen molar-refractivity contribution in [2.24, 2.45) is 0 Å². The lowest BCUT2D eigenvalue weighted by atomic mass is 10.0. The number of aromatic nitrogens is 1. The van der Waals surface area contributed by atoms with Crippen LogP contribution in [-0.2, 0) is 0 Å². The van der Waals surface area contributed by atoms with Crippen LogP contribution < -0.4 is 5.32 Å². The number of benzene rings is 1. The standard InChI is InChI=1S/C17H23ClN2S/c1-5-8-19-16(14-7-6-13(18)9-12(14)4)17-20-15(10-21-17)11(2)3/h6-7,9-11,16,19H,5,8H2,1-4H3. The summed E-state index contributed by atoms with van der Waals surface area (Å²) in [6.07, 6.45) is 1.10. The minimum absolute atomic E-state index is 0.153. The molecule has 1 aromatic carbocycles. The van der Waals surface area contributed by atoms with Crippen molar-refractivity contribution in [2.45, 2.75) is 46.1 Å². The summed E-state index contributed by atoms with van der Waals surface area (Å²) in [6, 6.07) is 6.25. The lowest BCUT2D eigenvalue weighted by Gasteiger charge is -2.19. The van der Waals surface area contributed by atoms with Crippen LogP contribution >= 0.6 is 22.9 Å². The summed E-state index contributed by atoms with van der Waals surface area (Å²) < 4.78 is 0. The molecule has 0 aliphatic heterocycles. The van der Waals surface area contributed by atoms with Gasteiger partial charge in [0.15, 0.2) is 0 Å². The maximum Gasteiger partial charge on any atom is 0.114 e. The number of thiazole rings is 1. The molecule has 1 N–H and O–H groups in total. The molecule has 0 saturated heterocycles. The van der Waals surface area contributed by atoms with E-state index in [0.717, 1.165) is 23.0 Å². The second kappa shape index (κ2) is 7.39. The molecule has 114 valence electrons. The first-order chi connectivity index (χ1) is 10.0. The third kappa shape index (κ3) is 4.06. The highest BCUT2D eigenvalue weighted by Gasteiger charge is 2.19. The second-order valence-electron chi connectivity index (χ2n) is 5.65. The summed E-state index contributed by atoms with van der Waals surface area (Å²) >= 11 is 7.82. The van der Waals surface area contributed by atoms with E-state index in [4.69, 9.17) is 16.6 Å². The first-order valence-electron chi connectivity index (χ1n) is 7.47. The predicted molar refractivity (Wildman–Crippen MR) is 92.5 cm³/mol. The van der Waals surface area contributed by atoms with Gasteiger partial charge in [-0.25, -0.2) is 4.98 Å². The van der Waals surface area contributed by atoms with Crippen LogP contribution in [0.3, 0.4) is 0 Å². The first-order valence-corrected chi connectivity index (χ1v) is 8.73.